The number of methoxy groups -OCH3 is 1. The van der Waals surface area contributed by atoms with Gasteiger partial charge in [0.25, 0.3) is 0 Å². The van der Waals surface area contributed by atoms with Crippen molar-refractivity contribution in [3.63, 3.8) is 0 Å². The van der Waals surface area contributed by atoms with Crippen molar-refractivity contribution in [2.75, 3.05) is 17.7 Å². The van der Waals surface area contributed by atoms with Gasteiger partial charge >= 0.3 is 5.97 Å². The number of carbonyl (C=O) groups is 3. The normalized spacial score (nSPS) is 13.4. The second-order valence-corrected chi connectivity index (χ2v) is 9.11. The number of amides is 2. The number of hydrogen-bond donors (Lipinski definition) is 2. The lowest BCUT2D eigenvalue weighted by Crippen LogP contribution is -2.35. The van der Waals surface area contributed by atoms with Gasteiger partial charge in [0.1, 0.15) is 22.7 Å². The van der Waals surface area contributed by atoms with Crippen LogP contribution in [0.5, 0.6) is 11.5 Å². The first-order valence-corrected chi connectivity index (χ1v) is 11.9. The average Bonchev–Trinajstić information content (AvgIpc) is 3.73. The Morgan fingerprint density at radius 2 is 1.50 bits per heavy atom. The monoisotopic (exact) mass is 513 g/mol. The molecule has 192 valence electrons. The molecule has 2 amide bonds. The van der Waals surface area contributed by atoms with Crippen LogP contribution < -0.4 is 15.4 Å². The Kier molecular flexibility index (Phi) is 6.50. The van der Waals surface area contributed by atoms with Crippen molar-refractivity contribution in [2.24, 2.45) is 5.41 Å². The molecule has 9 heteroatoms. The molecule has 0 unspecified atom stereocenters. The molecule has 1 aliphatic rings. The number of pyridine rings is 1. The van der Waals surface area contributed by atoms with Crippen LogP contribution in [0.2, 0.25) is 0 Å². The zero-order chi connectivity index (χ0) is 26.9. The summed E-state index contributed by atoms with van der Waals surface area (Å²) in [7, 11) is 1.33. The lowest BCUT2D eigenvalue weighted by atomic mass is 10.0. The second kappa shape index (κ2) is 9.93. The first-order valence-electron chi connectivity index (χ1n) is 11.9. The zero-order valence-corrected chi connectivity index (χ0v) is 20.7. The number of halogens is 1. The topological polar surface area (TPSA) is 107 Å². The van der Waals surface area contributed by atoms with Gasteiger partial charge in [0.05, 0.1) is 18.2 Å². The molecule has 5 rings (SSSR count). The van der Waals surface area contributed by atoms with Crippen molar-refractivity contribution in [1.29, 1.82) is 0 Å². The maximum Gasteiger partial charge on any atom is 0.338 e. The summed E-state index contributed by atoms with van der Waals surface area (Å²) in [4.78, 5) is 42.0. The van der Waals surface area contributed by atoms with Gasteiger partial charge in [-0.3, -0.25) is 14.6 Å². The van der Waals surface area contributed by atoms with Gasteiger partial charge in [-0.15, -0.1) is 0 Å². The number of nitrogens with zero attached hydrogens (tertiary/aromatic N) is 1. The van der Waals surface area contributed by atoms with E-state index in [0.717, 1.165) is 10.9 Å². The smallest absolute Gasteiger partial charge is 0.338 e. The van der Waals surface area contributed by atoms with E-state index < -0.39 is 29.0 Å². The summed E-state index contributed by atoms with van der Waals surface area (Å²) in [5, 5.41) is 6.23. The molecule has 0 aliphatic heterocycles. The van der Waals surface area contributed by atoms with Crippen LogP contribution in [-0.4, -0.2) is 29.9 Å². The Labute approximate surface area is 217 Å². The van der Waals surface area contributed by atoms with Gasteiger partial charge in [-0.1, -0.05) is 0 Å². The van der Waals surface area contributed by atoms with Crippen molar-refractivity contribution in [3.8, 4) is 11.5 Å². The van der Waals surface area contributed by atoms with Gasteiger partial charge in [0.15, 0.2) is 0 Å². The van der Waals surface area contributed by atoms with E-state index in [1.54, 1.807) is 42.6 Å². The molecule has 4 aromatic rings. The van der Waals surface area contributed by atoms with Crippen molar-refractivity contribution >= 4 is 40.1 Å². The number of anilines is 2. The van der Waals surface area contributed by atoms with E-state index in [4.69, 9.17) is 9.47 Å². The van der Waals surface area contributed by atoms with Gasteiger partial charge in [0.2, 0.25) is 11.8 Å². The minimum Gasteiger partial charge on any atom is -0.465 e. The molecule has 3 aromatic carbocycles. The van der Waals surface area contributed by atoms with Gasteiger partial charge < -0.3 is 20.1 Å². The predicted molar refractivity (Wildman–Crippen MR) is 140 cm³/mol. The highest BCUT2D eigenvalue weighted by Crippen LogP contribution is 2.47. The molecular formula is C29H24FN3O5. The van der Waals surface area contributed by atoms with Crippen LogP contribution in [0, 0.1) is 18.2 Å². The van der Waals surface area contributed by atoms with Gasteiger partial charge in [-0.25, -0.2) is 9.18 Å². The van der Waals surface area contributed by atoms with Gasteiger partial charge in [-0.05, 0) is 92.1 Å². The number of ether oxygens (including phenoxy) is 2. The molecule has 38 heavy (non-hydrogen) atoms. The van der Waals surface area contributed by atoms with E-state index in [9.17, 15) is 18.8 Å². The van der Waals surface area contributed by atoms with Crippen molar-refractivity contribution in [2.45, 2.75) is 19.8 Å². The number of fused-ring (bicyclic) bond motifs is 1. The molecule has 0 radical (unpaired) electrons. The minimum absolute atomic E-state index is 0.400. The molecule has 1 aliphatic carbocycles. The molecule has 1 heterocycles. The number of benzene rings is 3. The summed E-state index contributed by atoms with van der Waals surface area (Å²) in [6.07, 6.45) is 2.45. The van der Waals surface area contributed by atoms with Crippen LogP contribution >= 0.6 is 0 Å². The number of nitrogens with one attached hydrogen (secondary N) is 2. The Morgan fingerprint density at radius 3 is 2.08 bits per heavy atom. The molecule has 0 bridgehead atoms. The molecule has 1 fully saturated rings. The van der Waals surface area contributed by atoms with E-state index in [-0.39, 0.29) is 0 Å². The SMILES string of the molecule is COC(=O)c1cc2nccc(Oc3ccc(NC(=O)C4(C(=O)Nc5ccc(F)cc5)CC4)cc3)c2cc1C. The summed E-state index contributed by atoms with van der Waals surface area (Å²) in [6.45, 7) is 1.81. The lowest BCUT2D eigenvalue weighted by Gasteiger charge is -2.16. The van der Waals surface area contributed by atoms with E-state index in [0.29, 0.717) is 46.8 Å². The Bertz CT molecular complexity index is 1550. The molecule has 1 saturated carbocycles. The number of esters is 1. The molecule has 2 N–H and O–H groups in total. The molecular weight excluding hydrogens is 489 g/mol. The maximum absolute atomic E-state index is 13.1. The molecule has 0 saturated heterocycles. The first-order chi connectivity index (χ1) is 18.3. The van der Waals surface area contributed by atoms with Crippen LogP contribution in [0.4, 0.5) is 15.8 Å². The number of rotatable bonds is 7. The fourth-order valence-corrected chi connectivity index (χ4v) is 4.14. The quantitative estimate of drug-likeness (QED) is 0.245. The Balaban J connectivity index is 1.27. The summed E-state index contributed by atoms with van der Waals surface area (Å²) in [6, 6.07) is 17.4. The highest BCUT2D eigenvalue weighted by molar-refractivity contribution is 6.16. The Hall–Kier alpha value is -4.79. The van der Waals surface area contributed by atoms with Crippen LogP contribution in [0.25, 0.3) is 10.9 Å². The van der Waals surface area contributed by atoms with Gasteiger partial charge in [-0.2, -0.15) is 0 Å². The van der Waals surface area contributed by atoms with E-state index in [2.05, 4.69) is 15.6 Å². The number of aromatic nitrogens is 1. The van der Waals surface area contributed by atoms with E-state index in [1.807, 2.05) is 13.0 Å². The van der Waals surface area contributed by atoms with Crippen LogP contribution in [-0.2, 0) is 14.3 Å². The largest absolute Gasteiger partial charge is 0.465 e. The third-order valence-electron chi connectivity index (χ3n) is 6.51. The van der Waals surface area contributed by atoms with Gasteiger partial charge in [0, 0.05) is 23.0 Å². The molecule has 8 nitrogen and oxygen atoms in total. The van der Waals surface area contributed by atoms with Crippen LogP contribution in [0.1, 0.15) is 28.8 Å². The average molecular weight is 514 g/mol. The maximum atomic E-state index is 13.1. The van der Waals surface area contributed by atoms with Crippen molar-refractivity contribution < 1.29 is 28.2 Å². The summed E-state index contributed by atoms with van der Waals surface area (Å²) < 4.78 is 24.0. The standard InChI is InChI=1S/C29H24FN3O5/c1-17-15-23-24(16-22(17)26(34)37-2)31-14-11-25(23)38-21-9-7-20(8-10-21)33-28(36)29(12-13-29)27(35)32-19-5-3-18(30)4-6-19/h3-11,14-16H,12-13H2,1-2H3,(H,32,35)(H,33,36). The van der Waals surface area contributed by atoms with Crippen molar-refractivity contribution in [3.05, 3.63) is 89.9 Å². The Morgan fingerprint density at radius 1 is 0.895 bits per heavy atom. The highest BCUT2D eigenvalue weighted by atomic mass is 19.1. The van der Waals surface area contributed by atoms with E-state index in [1.165, 1.54) is 31.4 Å². The number of aryl methyl sites for hydroxylation is 1. The minimum atomic E-state index is -1.15. The van der Waals surface area contributed by atoms with E-state index >= 15 is 0 Å². The van der Waals surface area contributed by atoms with Crippen LogP contribution in [0.3, 0.4) is 0 Å². The summed E-state index contributed by atoms with van der Waals surface area (Å²) in [5.74, 6) is -0.578. The molecule has 0 spiro atoms. The third kappa shape index (κ3) is 4.90. The fraction of sp³-hybridized carbons (Fsp3) is 0.172. The van der Waals surface area contributed by atoms with Crippen LogP contribution in [0.15, 0.2) is 72.9 Å². The zero-order valence-electron chi connectivity index (χ0n) is 20.7. The second-order valence-electron chi connectivity index (χ2n) is 9.11. The first kappa shape index (κ1) is 24.9. The van der Waals surface area contributed by atoms with Crippen molar-refractivity contribution in [1.82, 2.24) is 4.98 Å². The molecule has 1 aromatic heterocycles. The summed E-state index contributed by atoms with van der Waals surface area (Å²) >= 11 is 0. The predicted octanol–water partition coefficient (Wildman–Crippen LogP) is 5.62. The lowest BCUT2D eigenvalue weighted by molar-refractivity contribution is -0.131. The summed E-state index contributed by atoms with van der Waals surface area (Å²) in [5.41, 5.74) is 1.55. The number of hydrogen-bond acceptors (Lipinski definition) is 6. The molecule has 0 atom stereocenters. The third-order valence-corrected chi connectivity index (χ3v) is 6.51. The highest BCUT2D eigenvalue weighted by Gasteiger charge is 2.56. The number of carbonyl (C=O) groups excluding carboxylic acids is 3. The fourth-order valence-electron chi connectivity index (χ4n) is 4.14.